The van der Waals surface area contributed by atoms with Crippen LogP contribution < -0.4 is 5.32 Å². The van der Waals surface area contributed by atoms with Crippen molar-refractivity contribution in [2.75, 3.05) is 0 Å². The Balaban J connectivity index is 1.96. The quantitative estimate of drug-likeness (QED) is 0.897. The second-order valence-corrected chi connectivity index (χ2v) is 4.87. The maximum atomic E-state index is 12.3. The molecule has 1 saturated carbocycles. The van der Waals surface area contributed by atoms with Crippen LogP contribution in [-0.2, 0) is 0 Å². The summed E-state index contributed by atoms with van der Waals surface area (Å²) in [6.45, 7) is 2.10. The van der Waals surface area contributed by atoms with Crippen LogP contribution in [0.3, 0.4) is 0 Å². The van der Waals surface area contributed by atoms with E-state index < -0.39 is 0 Å². The smallest absolute Gasteiger partial charge is 0.272 e. The van der Waals surface area contributed by atoms with Crippen LogP contribution in [0.4, 0.5) is 0 Å². The molecule has 1 amide bonds. The lowest BCUT2D eigenvalue weighted by atomic mass is 10.1. The maximum absolute atomic E-state index is 12.3. The summed E-state index contributed by atoms with van der Waals surface area (Å²) in [5.74, 6) is -0.112. The molecule has 0 bridgehead atoms. The van der Waals surface area contributed by atoms with Crippen LogP contribution in [0, 0.1) is 0 Å². The molecule has 0 radical (unpaired) electrons. The van der Waals surface area contributed by atoms with E-state index in [1.807, 2.05) is 24.3 Å². The van der Waals surface area contributed by atoms with Crippen molar-refractivity contribution in [3.63, 3.8) is 0 Å². The lowest BCUT2D eigenvalue weighted by molar-refractivity contribution is 0.0926. The van der Waals surface area contributed by atoms with E-state index in [9.17, 15) is 4.79 Å². The zero-order valence-electron chi connectivity index (χ0n) is 10.3. The number of fused-ring (bicyclic) bond motifs is 1. The van der Waals surface area contributed by atoms with Crippen molar-refractivity contribution in [3.8, 4) is 0 Å². The SMILES string of the molecule is CCC1(NC(=O)c2nncc3ccccc23)CC1. The van der Waals surface area contributed by atoms with E-state index in [0.717, 1.165) is 30.0 Å². The van der Waals surface area contributed by atoms with Gasteiger partial charge in [0, 0.05) is 16.3 Å². The van der Waals surface area contributed by atoms with E-state index in [0.29, 0.717) is 5.69 Å². The number of nitrogens with one attached hydrogen (secondary N) is 1. The monoisotopic (exact) mass is 241 g/mol. The van der Waals surface area contributed by atoms with E-state index >= 15 is 0 Å². The Morgan fingerprint density at radius 3 is 2.89 bits per heavy atom. The van der Waals surface area contributed by atoms with Gasteiger partial charge < -0.3 is 5.32 Å². The van der Waals surface area contributed by atoms with Crippen LogP contribution >= 0.6 is 0 Å². The summed E-state index contributed by atoms with van der Waals surface area (Å²) < 4.78 is 0. The fraction of sp³-hybridized carbons (Fsp3) is 0.357. The predicted octanol–water partition coefficient (Wildman–Crippen LogP) is 2.30. The molecule has 18 heavy (non-hydrogen) atoms. The van der Waals surface area contributed by atoms with Crippen LogP contribution in [0.5, 0.6) is 0 Å². The molecule has 1 aliphatic carbocycles. The van der Waals surface area contributed by atoms with Crippen molar-refractivity contribution in [1.82, 2.24) is 15.5 Å². The number of aromatic nitrogens is 2. The number of rotatable bonds is 3. The number of nitrogens with zero attached hydrogens (tertiary/aromatic N) is 2. The summed E-state index contributed by atoms with van der Waals surface area (Å²) in [5.41, 5.74) is 0.434. The molecule has 0 aliphatic heterocycles. The Morgan fingerprint density at radius 2 is 2.17 bits per heavy atom. The highest BCUT2D eigenvalue weighted by Gasteiger charge is 2.42. The minimum atomic E-state index is -0.112. The first-order valence-corrected chi connectivity index (χ1v) is 6.27. The van der Waals surface area contributed by atoms with Gasteiger partial charge in [0.15, 0.2) is 5.69 Å². The van der Waals surface area contributed by atoms with Gasteiger partial charge in [-0.05, 0) is 19.3 Å². The largest absolute Gasteiger partial charge is 0.345 e. The number of hydrogen-bond acceptors (Lipinski definition) is 3. The average molecular weight is 241 g/mol. The molecule has 1 aromatic carbocycles. The number of amides is 1. The normalized spacial score (nSPS) is 16.5. The molecule has 4 heteroatoms. The van der Waals surface area contributed by atoms with Crippen LogP contribution in [0.25, 0.3) is 10.8 Å². The van der Waals surface area contributed by atoms with E-state index in [4.69, 9.17) is 0 Å². The molecular weight excluding hydrogens is 226 g/mol. The number of carbonyl (C=O) groups excluding carboxylic acids is 1. The minimum Gasteiger partial charge on any atom is -0.345 e. The summed E-state index contributed by atoms with van der Waals surface area (Å²) in [7, 11) is 0. The van der Waals surface area contributed by atoms with E-state index in [1.54, 1.807) is 6.20 Å². The molecule has 1 fully saturated rings. The first-order valence-electron chi connectivity index (χ1n) is 6.27. The van der Waals surface area contributed by atoms with Gasteiger partial charge in [-0.15, -0.1) is 5.10 Å². The standard InChI is InChI=1S/C14H15N3O/c1-2-14(7-8-14)16-13(18)12-11-6-4-3-5-10(11)9-15-17-12/h3-6,9H,2,7-8H2,1H3,(H,16,18). The van der Waals surface area contributed by atoms with Crippen LogP contribution in [0.1, 0.15) is 36.7 Å². The molecule has 1 heterocycles. The topological polar surface area (TPSA) is 54.9 Å². The second kappa shape index (κ2) is 4.05. The molecule has 0 saturated heterocycles. The summed E-state index contributed by atoms with van der Waals surface area (Å²) in [5, 5.41) is 12.8. The third-order valence-electron chi connectivity index (χ3n) is 3.69. The molecule has 3 rings (SSSR count). The Bertz CT molecular complexity index is 600. The van der Waals surface area contributed by atoms with Gasteiger partial charge in [0.25, 0.3) is 5.91 Å². The molecule has 4 nitrogen and oxygen atoms in total. The summed E-state index contributed by atoms with van der Waals surface area (Å²) in [6.07, 6.45) is 4.77. The van der Waals surface area contributed by atoms with E-state index in [2.05, 4.69) is 22.4 Å². The van der Waals surface area contributed by atoms with Gasteiger partial charge in [0.05, 0.1) is 6.20 Å². The van der Waals surface area contributed by atoms with Gasteiger partial charge in [-0.1, -0.05) is 31.2 Å². The van der Waals surface area contributed by atoms with E-state index in [-0.39, 0.29) is 11.4 Å². The third kappa shape index (κ3) is 1.83. The molecule has 0 atom stereocenters. The Labute approximate surface area is 105 Å². The van der Waals surface area contributed by atoms with Crippen molar-refractivity contribution < 1.29 is 4.79 Å². The molecule has 92 valence electrons. The van der Waals surface area contributed by atoms with Crippen LogP contribution in [0.15, 0.2) is 30.5 Å². The van der Waals surface area contributed by atoms with Gasteiger partial charge >= 0.3 is 0 Å². The number of carbonyl (C=O) groups is 1. The van der Waals surface area contributed by atoms with Crippen LogP contribution in [-0.4, -0.2) is 21.6 Å². The first kappa shape index (κ1) is 11.1. The number of hydrogen-bond donors (Lipinski definition) is 1. The van der Waals surface area contributed by atoms with Crippen molar-refractivity contribution in [3.05, 3.63) is 36.2 Å². The van der Waals surface area contributed by atoms with Crippen molar-refractivity contribution in [1.29, 1.82) is 0 Å². The van der Waals surface area contributed by atoms with Crippen LogP contribution in [0.2, 0.25) is 0 Å². The maximum Gasteiger partial charge on any atom is 0.272 e. The third-order valence-corrected chi connectivity index (χ3v) is 3.69. The lowest BCUT2D eigenvalue weighted by Gasteiger charge is -2.14. The van der Waals surface area contributed by atoms with Gasteiger partial charge in [0.1, 0.15) is 0 Å². The predicted molar refractivity (Wildman–Crippen MR) is 69.3 cm³/mol. The summed E-state index contributed by atoms with van der Waals surface area (Å²) in [4.78, 5) is 12.3. The molecule has 1 N–H and O–H groups in total. The fourth-order valence-electron chi connectivity index (χ4n) is 2.21. The van der Waals surface area contributed by atoms with Gasteiger partial charge in [-0.3, -0.25) is 4.79 Å². The molecule has 2 aromatic rings. The van der Waals surface area contributed by atoms with E-state index in [1.165, 1.54) is 0 Å². The molecule has 1 aromatic heterocycles. The summed E-state index contributed by atoms with van der Waals surface area (Å²) in [6, 6.07) is 7.69. The van der Waals surface area contributed by atoms with Gasteiger partial charge in [-0.2, -0.15) is 5.10 Å². The zero-order valence-corrected chi connectivity index (χ0v) is 10.3. The molecule has 1 aliphatic rings. The number of benzene rings is 1. The Hall–Kier alpha value is -1.97. The molecule has 0 spiro atoms. The summed E-state index contributed by atoms with van der Waals surface area (Å²) >= 11 is 0. The van der Waals surface area contributed by atoms with Crippen molar-refractivity contribution in [2.24, 2.45) is 0 Å². The first-order chi connectivity index (χ1) is 8.74. The van der Waals surface area contributed by atoms with Crippen molar-refractivity contribution >= 4 is 16.7 Å². The minimum absolute atomic E-state index is 0.00963. The Morgan fingerprint density at radius 1 is 1.39 bits per heavy atom. The average Bonchev–Trinajstić information content (AvgIpc) is 3.18. The highest BCUT2D eigenvalue weighted by Crippen LogP contribution is 2.38. The highest BCUT2D eigenvalue weighted by atomic mass is 16.2. The van der Waals surface area contributed by atoms with Gasteiger partial charge in [0.2, 0.25) is 0 Å². The Kier molecular flexibility index (Phi) is 2.51. The van der Waals surface area contributed by atoms with Crippen molar-refractivity contribution in [2.45, 2.75) is 31.7 Å². The fourth-order valence-corrected chi connectivity index (χ4v) is 2.21. The second-order valence-electron chi connectivity index (χ2n) is 4.87. The van der Waals surface area contributed by atoms with Gasteiger partial charge in [-0.25, -0.2) is 0 Å². The zero-order chi connectivity index (χ0) is 12.6. The highest BCUT2D eigenvalue weighted by molar-refractivity contribution is 6.05. The molecule has 0 unspecified atom stereocenters. The molecular formula is C14H15N3O. The lowest BCUT2D eigenvalue weighted by Crippen LogP contribution is -2.36.